The molecule has 10 nitrogen and oxygen atoms in total. The lowest BCUT2D eigenvalue weighted by atomic mass is 10.1. The van der Waals surface area contributed by atoms with Crippen LogP contribution in [0, 0.1) is 0 Å². The van der Waals surface area contributed by atoms with Crippen LogP contribution in [0.2, 0.25) is 0 Å². The molecule has 0 radical (unpaired) electrons. The number of aliphatic hydroxyl groups is 1. The molecule has 1 aliphatic heterocycles. The van der Waals surface area contributed by atoms with Crippen LogP contribution < -0.4 is 30.9 Å². The van der Waals surface area contributed by atoms with Gasteiger partial charge in [-0.05, 0) is 29.8 Å². The second-order valence-electron chi connectivity index (χ2n) is 8.79. The number of benzene rings is 2. The third-order valence-electron chi connectivity index (χ3n) is 5.94. The molecule has 0 amide bonds. The molecule has 2 heterocycles. The maximum absolute atomic E-state index is 13.5. The molecule has 2 N–H and O–H groups in total. The molecular formula is C25H24F6N4O6. The monoisotopic (exact) mass is 590 g/mol. The summed E-state index contributed by atoms with van der Waals surface area (Å²) in [7, 11) is 1.35. The molecule has 1 atom stereocenters. The summed E-state index contributed by atoms with van der Waals surface area (Å²) < 4.78 is 95.1. The van der Waals surface area contributed by atoms with E-state index in [1.165, 1.54) is 36.2 Å². The van der Waals surface area contributed by atoms with Crippen molar-refractivity contribution in [2.75, 3.05) is 30.0 Å². The number of alkyl halides is 6. The lowest BCUT2D eigenvalue weighted by molar-refractivity contribution is -0.274. The predicted molar refractivity (Wildman–Crippen MR) is 133 cm³/mol. The Kier molecular flexibility index (Phi) is 8.53. The number of anilines is 2. The van der Waals surface area contributed by atoms with Gasteiger partial charge in [-0.3, -0.25) is 13.9 Å². The van der Waals surface area contributed by atoms with E-state index in [2.05, 4.69) is 10.1 Å². The number of nitrogens with one attached hydrogen (secondary N) is 1. The molecule has 0 aliphatic carbocycles. The minimum absolute atomic E-state index is 0.0211. The zero-order valence-corrected chi connectivity index (χ0v) is 21.3. The van der Waals surface area contributed by atoms with Crippen LogP contribution in [0.1, 0.15) is 11.1 Å². The van der Waals surface area contributed by atoms with E-state index in [4.69, 9.17) is 14.6 Å². The van der Waals surface area contributed by atoms with E-state index in [1.54, 1.807) is 0 Å². The summed E-state index contributed by atoms with van der Waals surface area (Å²) in [6, 6.07) is 8.87. The number of hydrogen-bond acceptors (Lipinski definition) is 8. The molecule has 41 heavy (non-hydrogen) atoms. The minimum Gasteiger partial charge on any atom is -0.452 e. The third kappa shape index (κ3) is 6.94. The Morgan fingerprint density at radius 3 is 2.37 bits per heavy atom. The summed E-state index contributed by atoms with van der Waals surface area (Å²) in [4.78, 5) is 27.7. The van der Waals surface area contributed by atoms with Crippen LogP contribution in [0.3, 0.4) is 0 Å². The third-order valence-corrected chi connectivity index (χ3v) is 5.94. The van der Waals surface area contributed by atoms with Crippen molar-refractivity contribution in [2.24, 2.45) is 7.05 Å². The van der Waals surface area contributed by atoms with Gasteiger partial charge in [-0.2, -0.15) is 13.2 Å². The highest BCUT2D eigenvalue weighted by Gasteiger charge is 2.38. The molecule has 222 valence electrons. The van der Waals surface area contributed by atoms with Crippen LogP contribution in [-0.4, -0.2) is 46.8 Å². The number of aliphatic hydroxyl groups excluding tert-OH is 1. The number of rotatable bonds is 10. The van der Waals surface area contributed by atoms with E-state index in [0.717, 1.165) is 33.4 Å². The number of aromatic nitrogens is 2. The Morgan fingerprint density at radius 1 is 0.976 bits per heavy atom. The van der Waals surface area contributed by atoms with Gasteiger partial charge in [0.15, 0.2) is 0 Å². The van der Waals surface area contributed by atoms with Crippen molar-refractivity contribution in [3.05, 3.63) is 80.5 Å². The minimum atomic E-state index is -4.97. The molecule has 0 fully saturated rings. The van der Waals surface area contributed by atoms with E-state index in [9.17, 15) is 35.9 Å². The van der Waals surface area contributed by atoms with Crippen molar-refractivity contribution in [3.8, 4) is 11.5 Å². The quantitative estimate of drug-likeness (QED) is 0.274. The fourth-order valence-corrected chi connectivity index (χ4v) is 4.18. The number of fused-ring (bicyclic) bond motifs is 1. The van der Waals surface area contributed by atoms with Crippen molar-refractivity contribution >= 4 is 11.5 Å². The normalized spacial score (nSPS) is 15.0. The van der Waals surface area contributed by atoms with Gasteiger partial charge in [0, 0.05) is 19.7 Å². The Labute approximate surface area is 227 Å². The maximum atomic E-state index is 13.5. The first-order valence-corrected chi connectivity index (χ1v) is 12.0. The average Bonchev–Trinajstić information content (AvgIpc) is 3.23. The van der Waals surface area contributed by atoms with Crippen LogP contribution in [-0.2, 0) is 31.1 Å². The summed E-state index contributed by atoms with van der Waals surface area (Å²) in [6.07, 6.45) is -10.9. The van der Waals surface area contributed by atoms with Crippen molar-refractivity contribution < 1.29 is 45.7 Å². The van der Waals surface area contributed by atoms with E-state index >= 15 is 0 Å². The summed E-state index contributed by atoms with van der Waals surface area (Å²) in [5, 5.41) is 11.7. The van der Waals surface area contributed by atoms with Crippen LogP contribution in [0.5, 0.6) is 11.5 Å². The summed E-state index contributed by atoms with van der Waals surface area (Å²) in [6.45, 7) is -0.919. The van der Waals surface area contributed by atoms with Gasteiger partial charge in [0.2, 0.25) is 0 Å². The van der Waals surface area contributed by atoms with Gasteiger partial charge in [0.25, 0.3) is 11.9 Å². The van der Waals surface area contributed by atoms with Gasteiger partial charge >= 0.3 is 18.2 Å². The first-order valence-electron chi connectivity index (χ1n) is 12.0. The molecule has 0 spiro atoms. The second-order valence-corrected chi connectivity index (χ2v) is 8.79. The van der Waals surface area contributed by atoms with Crippen LogP contribution in [0.15, 0.2) is 58.1 Å². The molecule has 1 aromatic heterocycles. The zero-order chi connectivity index (χ0) is 29.9. The number of halogens is 6. The van der Waals surface area contributed by atoms with E-state index < -0.39 is 41.5 Å². The van der Waals surface area contributed by atoms with Crippen LogP contribution in [0.25, 0.3) is 0 Å². The number of hydrogen-bond donors (Lipinski definition) is 2. The summed E-state index contributed by atoms with van der Waals surface area (Å²) in [5.41, 5.74) is -2.48. The zero-order valence-electron chi connectivity index (χ0n) is 21.3. The van der Waals surface area contributed by atoms with Crippen molar-refractivity contribution in [1.82, 2.24) is 9.13 Å². The highest BCUT2D eigenvalue weighted by atomic mass is 19.4. The Bertz CT molecular complexity index is 1500. The lowest BCUT2D eigenvalue weighted by Gasteiger charge is -2.27. The Hall–Kier alpha value is -4.18. The molecule has 16 heteroatoms. The molecule has 0 saturated heterocycles. The van der Waals surface area contributed by atoms with Gasteiger partial charge in [-0.15, -0.1) is 13.2 Å². The molecule has 1 unspecified atom stereocenters. The standard InChI is InChI=1S/C25H24F6N4O6/c1-33-20-19(21(37)34(23(33)38)8-10-39-11-9-36)35(14-15-4-2-5-16(12-15)24(26,27)28)22(32-20)40-17-6-3-7-18(13-17)41-25(29,30)31/h2-7,12-13,22,32,36H,8-11,14H2,1H3. The van der Waals surface area contributed by atoms with E-state index in [-0.39, 0.29) is 55.7 Å². The maximum Gasteiger partial charge on any atom is 0.573 e. The van der Waals surface area contributed by atoms with Crippen molar-refractivity contribution in [2.45, 2.75) is 32.0 Å². The number of nitrogens with zero attached hydrogens (tertiary/aromatic N) is 3. The van der Waals surface area contributed by atoms with Gasteiger partial charge in [0.1, 0.15) is 23.0 Å². The summed E-state index contributed by atoms with van der Waals surface area (Å²) in [5.74, 6) is -0.742. The van der Waals surface area contributed by atoms with E-state index in [1.807, 2.05) is 0 Å². The first-order chi connectivity index (χ1) is 19.3. The SMILES string of the molecule is Cn1c2c(c(=O)n(CCOCCO)c1=O)N(Cc1cccc(C(F)(F)F)c1)C(Oc1cccc(OC(F)(F)F)c1)N2. The molecule has 2 aromatic carbocycles. The number of ether oxygens (including phenoxy) is 3. The molecule has 0 bridgehead atoms. The van der Waals surface area contributed by atoms with Gasteiger partial charge < -0.3 is 29.5 Å². The predicted octanol–water partition coefficient (Wildman–Crippen LogP) is 3.27. The molecular weight excluding hydrogens is 566 g/mol. The fourth-order valence-electron chi connectivity index (χ4n) is 4.18. The highest BCUT2D eigenvalue weighted by molar-refractivity contribution is 5.71. The highest BCUT2D eigenvalue weighted by Crippen LogP contribution is 2.35. The topological polar surface area (TPSA) is 107 Å². The Balaban J connectivity index is 1.75. The van der Waals surface area contributed by atoms with Gasteiger partial charge in [-0.1, -0.05) is 18.2 Å². The Morgan fingerprint density at radius 2 is 1.68 bits per heavy atom. The van der Waals surface area contributed by atoms with Crippen LogP contribution >= 0.6 is 0 Å². The smallest absolute Gasteiger partial charge is 0.452 e. The molecule has 1 aliphatic rings. The second kappa shape index (κ2) is 11.7. The van der Waals surface area contributed by atoms with Crippen molar-refractivity contribution in [3.63, 3.8) is 0 Å². The van der Waals surface area contributed by atoms with Gasteiger partial charge in [-0.25, -0.2) is 4.79 Å². The van der Waals surface area contributed by atoms with Crippen LogP contribution in [0.4, 0.5) is 37.8 Å². The lowest BCUT2D eigenvalue weighted by Crippen LogP contribution is -2.44. The molecule has 0 saturated carbocycles. The average molecular weight is 590 g/mol. The largest absolute Gasteiger partial charge is 0.573 e. The van der Waals surface area contributed by atoms with Crippen molar-refractivity contribution in [1.29, 1.82) is 0 Å². The molecule has 4 rings (SSSR count). The van der Waals surface area contributed by atoms with E-state index in [0.29, 0.717) is 0 Å². The fraction of sp³-hybridized carbons (Fsp3) is 0.360. The van der Waals surface area contributed by atoms with Gasteiger partial charge in [0.05, 0.1) is 31.9 Å². The molecule has 3 aromatic rings. The first kappa shape index (κ1) is 29.8. The summed E-state index contributed by atoms with van der Waals surface area (Å²) >= 11 is 0.